The summed E-state index contributed by atoms with van der Waals surface area (Å²) in [6.45, 7) is 2.13. The Morgan fingerprint density at radius 1 is 1.69 bits per heavy atom. The molecule has 0 unspecified atom stereocenters. The minimum atomic E-state index is -0.0116. The Morgan fingerprint density at radius 3 is 3.00 bits per heavy atom. The normalized spacial score (nSPS) is 25.3. The predicted octanol–water partition coefficient (Wildman–Crippen LogP) is 1.22. The molecule has 3 heteroatoms. The van der Waals surface area contributed by atoms with E-state index in [2.05, 4.69) is 17.2 Å². The molecule has 1 saturated carbocycles. The third-order valence-electron chi connectivity index (χ3n) is 2.35. The molecule has 1 heterocycles. The largest absolute Gasteiger partial charge is 0.349 e. The van der Waals surface area contributed by atoms with E-state index in [1.807, 2.05) is 0 Å². The number of rotatable bonds is 2. The Hall–Kier alpha value is -1.38. The minimum Gasteiger partial charge on any atom is -0.349 e. The maximum atomic E-state index is 11.5. The van der Waals surface area contributed by atoms with Crippen LogP contribution in [0.5, 0.6) is 0 Å². The first kappa shape index (κ1) is 8.23. The molecule has 0 aliphatic heterocycles. The molecule has 68 valence electrons. The summed E-state index contributed by atoms with van der Waals surface area (Å²) in [6, 6.07) is 3.92. The minimum absolute atomic E-state index is 0.0116. The van der Waals surface area contributed by atoms with E-state index < -0.39 is 0 Å². The standard InChI is InChI=1S/C10H12N2O/c1-7-5-9(7)12-10(13)8-3-2-4-11-6-8/h2-4,6-7,9H,5H2,1H3,(H,12,13)/t7-,9-/m0/s1. The van der Waals surface area contributed by atoms with Crippen LogP contribution in [-0.2, 0) is 0 Å². The maximum Gasteiger partial charge on any atom is 0.253 e. The molecule has 1 aromatic heterocycles. The fourth-order valence-corrected chi connectivity index (χ4v) is 1.27. The number of pyridine rings is 1. The quantitative estimate of drug-likeness (QED) is 0.736. The summed E-state index contributed by atoms with van der Waals surface area (Å²) in [5, 5.41) is 2.94. The van der Waals surface area contributed by atoms with Gasteiger partial charge in [0.25, 0.3) is 5.91 Å². The van der Waals surface area contributed by atoms with Crippen LogP contribution in [-0.4, -0.2) is 16.9 Å². The lowest BCUT2D eigenvalue weighted by Gasteiger charge is -2.01. The first-order chi connectivity index (χ1) is 6.27. The number of nitrogens with one attached hydrogen (secondary N) is 1. The zero-order valence-electron chi connectivity index (χ0n) is 7.53. The molecule has 0 radical (unpaired) electrons. The van der Waals surface area contributed by atoms with E-state index in [1.165, 1.54) is 0 Å². The Labute approximate surface area is 77.2 Å². The summed E-state index contributed by atoms with van der Waals surface area (Å²) in [7, 11) is 0. The van der Waals surface area contributed by atoms with Crippen LogP contribution in [0.25, 0.3) is 0 Å². The first-order valence-corrected chi connectivity index (χ1v) is 4.48. The summed E-state index contributed by atoms with van der Waals surface area (Å²) >= 11 is 0. The number of aromatic nitrogens is 1. The number of amides is 1. The Balaban J connectivity index is 1.98. The molecule has 1 amide bonds. The highest BCUT2D eigenvalue weighted by Gasteiger charge is 2.33. The predicted molar refractivity (Wildman–Crippen MR) is 49.3 cm³/mol. The van der Waals surface area contributed by atoms with Crippen molar-refractivity contribution in [1.82, 2.24) is 10.3 Å². The molecular weight excluding hydrogens is 164 g/mol. The van der Waals surface area contributed by atoms with Gasteiger partial charge in [-0.2, -0.15) is 0 Å². The van der Waals surface area contributed by atoms with Crippen molar-refractivity contribution in [2.24, 2.45) is 5.92 Å². The highest BCUT2D eigenvalue weighted by atomic mass is 16.1. The molecule has 2 rings (SSSR count). The van der Waals surface area contributed by atoms with Gasteiger partial charge in [0.15, 0.2) is 0 Å². The van der Waals surface area contributed by atoms with E-state index in [1.54, 1.807) is 24.5 Å². The lowest BCUT2D eigenvalue weighted by molar-refractivity contribution is 0.0949. The van der Waals surface area contributed by atoms with E-state index >= 15 is 0 Å². The monoisotopic (exact) mass is 176 g/mol. The third kappa shape index (κ3) is 1.86. The van der Waals surface area contributed by atoms with Gasteiger partial charge < -0.3 is 5.32 Å². The summed E-state index contributed by atoms with van der Waals surface area (Å²) in [5.41, 5.74) is 0.640. The lowest BCUT2D eigenvalue weighted by Crippen LogP contribution is -2.26. The molecule has 0 spiro atoms. The van der Waals surface area contributed by atoms with Crippen LogP contribution in [0.4, 0.5) is 0 Å². The fraction of sp³-hybridized carbons (Fsp3) is 0.400. The smallest absolute Gasteiger partial charge is 0.253 e. The van der Waals surface area contributed by atoms with E-state index in [4.69, 9.17) is 0 Å². The Bertz CT molecular complexity index is 310. The SMILES string of the molecule is C[C@H]1C[C@@H]1NC(=O)c1cccnc1. The second-order valence-electron chi connectivity index (χ2n) is 3.53. The number of carbonyl (C=O) groups is 1. The van der Waals surface area contributed by atoms with Gasteiger partial charge in [-0.25, -0.2) is 0 Å². The Morgan fingerprint density at radius 2 is 2.46 bits per heavy atom. The molecule has 3 nitrogen and oxygen atoms in total. The van der Waals surface area contributed by atoms with Crippen LogP contribution in [0, 0.1) is 5.92 Å². The van der Waals surface area contributed by atoms with Crippen molar-refractivity contribution in [1.29, 1.82) is 0 Å². The van der Waals surface area contributed by atoms with Gasteiger partial charge in [0.2, 0.25) is 0 Å². The summed E-state index contributed by atoms with van der Waals surface area (Å²) < 4.78 is 0. The molecule has 1 fully saturated rings. The third-order valence-corrected chi connectivity index (χ3v) is 2.35. The average Bonchev–Trinajstić information content (AvgIpc) is 2.83. The van der Waals surface area contributed by atoms with Gasteiger partial charge in [0, 0.05) is 18.4 Å². The van der Waals surface area contributed by atoms with Gasteiger partial charge >= 0.3 is 0 Å². The van der Waals surface area contributed by atoms with Crippen molar-refractivity contribution in [2.45, 2.75) is 19.4 Å². The highest BCUT2D eigenvalue weighted by molar-refractivity contribution is 5.94. The number of nitrogens with zero attached hydrogens (tertiary/aromatic N) is 1. The molecule has 0 saturated heterocycles. The van der Waals surface area contributed by atoms with E-state index in [0.29, 0.717) is 17.5 Å². The maximum absolute atomic E-state index is 11.5. The topological polar surface area (TPSA) is 42.0 Å². The van der Waals surface area contributed by atoms with Crippen LogP contribution in [0.3, 0.4) is 0 Å². The number of hydrogen-bond acceptors (Lipinski definition) is 2. The molecule has 0 bridgehead atoms. The van der Waals surface area contributed by atoms with Gasteiger partial charge in [0.1, 0.15) is 0 Å². The van der Waals surface area contributed by atoms with Crippen LogP contribution in [0.1, 0.15) is 23.7 Å². The number of carbonyl (C=O) groups excluding carboxylic acids is 1. The fourth-order valence-electron chi connectivity index (χ4n) is 1.27. The van der Waals surface area contributed by atoms with Gasteiger partial charge in [-0.15, -0.1) is 0 Å². The van der Waals surface area contributed by atoms with Crippen LogP contribution in [0.2, 0.25) is 0 Å². The van der Waals surface area contributed by atoms with Crippen molar-refractivity contribution < 1.29 is 4.79 Å². The average molecular weight is 176 g/mol. The lowest BCUT2D eigenvalue weighted by atomic mass is 10.2. The van der Waals surface area contributed by atoms with Gasteiger partial charge in [-0.1, -0.05) is 6.92 Å². The molecular formula is C10H12N2O. The van der Waals surface area contributed by atoms with Crippen LogP contribution in [0.15, 0.2) is 24.5 Å². The summed E-state index contributed by atoms with van der Waals surface area (Å²) in [6.07, 6.45) is 4.35. The van der Waals surface area contributed by atoms with E-state index in [9.17, 15) is 4.79 Å². The zero-order valence-corrected chi connectivity index (χ0v) is 7.53. The zero-order chi connectivity index (χ0) is 9.26. The van der Waals surface area contributed by atoms with E-state index in [0.717, 1.165) is 6.42 Å². The summed E-state index contributed by atoms with van der Waals surface area (Å²) in [4.78, 5) is 15.4. The van der Waals surface area contributed by atoms with Gasteiger partial charge in [0.05, 0.1) is 5.56 Å². The molecule has 13 heavy (non-hydrogen) atoms. The Kier molecular flexibility index (Phi) is 2.00. The van der Waals surface area contributed by atoms with Gasteiger partial charge in [-0.05, 0) is 24.5 Å². The van der Waals surface area contributed by atoms with Crippen LogP contribution < -0.4 is 5.32 Å². The van der Waals surface area contributed by atoms with Gasteiger partial charge in [-0.3, -0.25) is 9.78 Å². The summed E-state index contributed by atoms with van der Waals surface area (Å²) in [5.74, 6) is 0.628. The molecule has 1 N–H and O–H groups in total. The van der Waals surface area contributed by atoms with Crippen molar-refractivity contribution >= 4 is 5.91 Å². The van der Waals surface area contributed by atoms with Crippen molar-refractivity contribution in [3.63, 3.8) is 0 Å². The van der Waals surface area contributed by atoms with Crippen molar-refractivity contribution in [2.75, 3.05) is 0 Å². The van der Waals surface area contributed by atoms with Crippen LogP contribution >= 0.6 is 0 Å². The second-order valence-corrected chi connectivity index (χ2v) is 3.53. The van der Waals surface area contributed by atoms with Crippen molar-refractivity contribution in [3.05, 3.63) is 30.1 Å². The molecule has 0 aromatic carbocycles. The number of hydrogen-bond donors (Lipinski definition) is 1. The highest BCUT2D eigenvalue weighted by Crippen LogP contribution is 2.29. The molecule has 1 aromatic rings. The molecule has 2 atom stereocenters. The first-order valence-electron chi connectivity index (χ1n) is 4.48. The van der Waals surface area contributed by atoms with E-state index in [-0.39, 0.29) is 5.91 Å². The second kappa shape index (κ2) is 3.17. The molecule has 1 aliphatic rings. The van der Waals surface area contributed by atoms with Crippen molar-refractivity contribution in [3.8, 4) is 0 Å². The molecule has 1 aliphatic carbocycles.